The van der Waals surface area contributed by atoms with Crippen molar-refractivity contribution in [1.82, 2.24) is 4.98 Å². The average molecular weight is 409 g/mol. The van der Waals surface area contributed by atoms with E-state index in [1.807, 2.05) is 30.3 Å². The van der Waals surface area contributed by atoms with Crippen LogP contribution in [0.3, 0.4) is 0 Å². The van der Waals surface area contributed by atoms with E-state index < -0.39 is 12.1 Å². The van der Waals surface area contributed by atoms with Crippen LogP contribution in [0.1, 0.15) is 13.3 Å². The molecule has 7 nitrogen and oxygen atoms in total. The van der Waals surface area contributed by atoms with Gasteiger partial charge in [0.2, 0.25) is 0 Å². The van der Waals surface area contributed by atoms with Gasteiger partial charge in [-0.15, -0.1) is 0 Å². The van der Waals surface area contributed by atoms with Crippen molar-refractivity contribution in [3.63, 3.8) is 0 Å². The molecular weight excluding hydrogens is 390 g/mol. The second-order valence-electron chi connectivity index (χ2n) is 6.10. The maximum Gasteiger partial charge on any atom is 0.317 e. The molecule has 0 unspecified atom stereocenters. The highest BCUT2D eigenvalue weighted by molar-refractivity contribution is 7.99. The number of oxazole rings is 1. The molecule has 0 aliphatic heterocycles. The van der Waals surface area contributed by atoms with Gasteiger partial charge in [-0.2, -0.15) is 5.26 Å². The third kappa shape index (κ3) is 5.36. The van der Waals surface area contributed by atoms with Gasteiger partial charge >= 0.3 is 5.97 Å². The van der Waals surface area contributed by atoms with Gasteiger partial charge in [0.15, 0.2) is 11.7 Å². The standard InChI is InChI=1S/C21H19N3O4S/c1-15(20(26)24(13-7-12-22)16-8-3-2-4-9-16)27-19(25)14-29-21-23-17-10-5-6-11-18(17)28-21/h2-6,8-11,15H,7,13-14H2,1H3/t15-/m0/s1. The van der Waals surface area contributed by atoms with Gasteiger partial charge in [-0.3, -0.25) is 9.59 Å². The Balaban J connectivity index is 1.58. The van der Waals surface area contributed by atoms with Crippen LogP contribution in [-0.2, 0) is 14.3 Å². The molecule has 3 rings (SSSR count). The predicted molar refractivity (Wildman–Crippen MR) is 109 cm³/mol. The van der Waals surface area contributed by atoms with Crippen LogP contribution < -0.4 is 4.90 Å². The Morgan fingerprint density at radius 3 is 2.66 bits per heavy atom. The fourth-order valence-electron chi connectivity index (χ4n) is 2.67. The number of rotatable bonds is 8. The summed E-state index contributed by atoms with van der Waals surface area (Å²) in [7, 11) is 0. The van der Waals surface area contributed by atoms with E-state index in [0.717, 1.165) is 11.8 Å². The molecule has 1 amide bonds. The largest absolute Gasteiger partial charge is 0.452 e. The van der Waals surface area contributed by atoms with E-state index >= 15 is 0 Å². The fraction of sp³-hybridized carbons (Fsp3) is 0.238. The summed E-state index contributed by atoms with van der Waals surface area (Å²) < 4.78 is 10.8. The number of carbonyl (C=O) groups is 2. The van der Waals surface area contributed by atoms with Gasteiger partial charge in [0.1, 0.15) is 11.3 Å². The molecule has 0 aliphatic rings. The van der Waals surface area contributed by atoms with E-state index in [1.54, 1.807) is 30.3 Å². The quantitative estimate of drug-likeness (QED) is 0.412. The molecule has 148 valence electrons. The van der Waals surface area contributed by atoms with Crippen molar-refractivity contribution in [2.75, 3.05) is 17.2 Å². The molecule has 0 fully saturated rings. The number of fused-ring (bicyclic) bond motifs is 1. The summed E-state index contributed by atoms with van der Waals surface area (Å²) in [5.41, 5.74) is 2.00. The van der Waals surface area contributed by atoms with Crippen molar-refractivity contribution in [3.05, 3.63) is 54.6 Å². The van der Waals surface area contributed by atoms with Crippen LogP contribution in [0.4, 0.5) is 5.69 Å². The Bertz CT molecular complexity index is 996. The number of carbonyl (C=O) groups excluding carboxylic acids is 2. The number of thioether (sulfide) groups is 1. The molecule has 0 saturated heterocycles. The van der Waals surface area contributed by atoms with Gasteiger partial charge in [-0.25, -0.2) is 4.98 Å². The molecular formula is C21H19N3O4S. The lowest BCUT2D eigenvalue weighted by atomic mass is 10.2. The van der Waals surface area contributed by atoms with Crippen molar-refractivity contribution >= 4 is 40.4 Å². The summed E-state index contributed by atoms with van der Waals surface area (Å²) in [6, 6.07) is 18.3. The van der Waals surface area contributed by atoms with Crippen LogP contribution >= 0.6 is 11.8 Å². The van der Waals surface area contributed by atoms with Gasteiger partial charge < -0.3 is 14.1 Å². The molecule has 1 heterocycles. The summed E-state index contributed by atoms with van der Waals surface area (Å²) in [4.78, 5) is 30.7. The lowest BCUT2D eigenvalue weighted by Crippen LogP contribution is -2.41. The van der Waals surface area contributed by atoms with Crippen LogP contribution in [-0.4, -0.2) is 35.3 Å². The van der Waals surface area contributed by atoms with Crippen LogP contribution in [0.5, 0.6) is 0 Å². The topological polar surface area (TPSA) is 96.4 Å². The van der Waals surface area contributed by atoms with E-state index in [2.05, 4.69) is 4.98 Å². The van der Waals surface area contributed by atoms with Gasteiger partial charge in [0.25, 0.3) is 11.1 Å². The van der Waals surface area contributed by atoms with Gasteiger partial charge in [0.05, 0.1) is 12.5 Å². The van der Waals surface area contributed by atoms with Crippen molar-refractivity contribution < 1.29 is 18.7 Å². The van der Waals surface area contributed by atoms with Crippen molar-refractivity contribution in [3.8, 4) is 6.07 Å². The monoisotopic (exact) mass is 409 g/mol. The first-order valence-electron chi connectivity index (χ1n) is 8.99. The zero-order valence-electron chi connectivity index (χ0n) is 15.8. The van der Waals surface area contributed by atoms with Gasteiger partial charge in [-0.1, -0.05) is 42.1 Å². The number of nitriles is 1. The third-order valence-corrected chi connectivity index (χ3v) is 4.83. The minimum atomic E-state index is -0.981. The van der Waals surface area contributed by atoms with Crippen LogP contribution in [0.15, 0.2) is 64.2 Å². The number of ether oxygens (including phenoxy) is 1. The second-order valence-corrected chi connectivity index (χ2v) is 7.03. The molecule has 29 heavy (non-hydrogen) atoms. The zero-order chi connectivity index (χ0) is 20.6. The highest BCUT2D eigenvalue weighted by Crippen LogP contribution is 2.23. The molecule has 0 spiro atoms. The van der Waals surface area contributed by atoms with E-state index in [1.165, 1.54) is 11.8 Å². The first-order chi connectivity index (χ1) is 14.1. The van der Waals surface area contributed by atoms with Crippen LogP contribution in [0.2, 0.25) is 0 Å². The Hall–Kier alpha value is -3.31. The predicted octanol–water partition coefficient (Wildman–Crippen LogP) is 3.80. The number of anilines is 1. The lowest BCUT2D eigenvalue weighted by molar-refractivity contribution is -0.151. The number of nitrogens with zero attached hydrogens (tertiary/aromatic N) is 3. The number of benzene rings is 2. The van der Waals surface area contributed by atoms with Gasteiger partial charge in [0, 0.05) is 12.2 Å². The average Bonchev–Trinajstić information content (AvgIpc) is 3.16. The van der Waals surface area contributed by atoms with Crippen LogP contribution in [0.25, 0.3) is 11.1 Å². The van der Waals surface area contributed by atoms with E-state index in [0.29, 0.717) is 22.0 Å². The van der Waals surface area contributed by atoms with E-state index in [4.69, 9.17) is 14.4 Å². The summed E-state index contributed by atoms with van der Waals surface area (Å²) in [6.45, 7) is 1.74. The maximum atomic E-state index is 12.8. The Morgan fingerprint density at radius 1 is 1.21 bits per heavy atom. The highest BCUT2D eigenvalue weighted by atomic mass is 32.2. The summed E-state index contributed by atoms with van der Waals surface area (Å²) in [6.07, 6.45) is -0.805. The maximum absolute atomic E-state index is 12.8. The Kier molecular flexibility index (Phi) is 6.87. The minimum absolute atomic E-state index is 0.0338. The SMILES string of the molecule is C[C@H](OC(=O)CSc1nc2ccccc2o1)C(=O)N(CCC#N)c1ccccc1. The second kappa shape index (κ2) is 9.75. The van der Waals surface area contributed by atoms with E-state index in [-0.39, 0.29) is 24.6 Å². The zero-order valence-corrected chi connectivity index (χ0v) is 16.6. The van der Waals surface area contributed by atoms with Crippen molar-refractivity contribution in [1.29, 1.82) is 5.26 Å². The fourth-order valence-corrected chi connectivity index (χ4v) is 3.29. The van der Waals surface area contributed by atoms with Crippen molar-refractivity contribution in [2.24, 2.45) is 0 Å². The molecule has 0 N–H and O–H groups in total. The lowest BCUT2D eigenvalue weighted by Gasteiger charge is -2.25. The summed E-state index contributed by atoms with van der Waals surface area (Å²) in [5.74, 6) is -0.966. The molecule has 2 aromatic carbocycles. The highest BCUT2D eigenvalue weighted by Gasteiger charge is 2.25. The number of hydrogen-bond donors (Lipinski definition) is 0. The number of amides is 1. The molecule has 1 atom stereocenters. The molecule has 0 radical (unpaired) electrons. The van der Waals surface area contributed by atoms with Gasteiger partial charge in [-0.05, 0) is 31.2 Å². The minimum Gasteiger partial charge on any atom is -0.452 e. The van der Waals surface area contributed by atoms with Crippen LogP contribution in [0, 0.1) is 11.3 Å². The normalized spacial score (nSPS) is 11.6. The number of aromatic nitrogens is 1. The number of esters is 1. The Labute approximate surface area is 172 Å². The summed E-state index contributed by atoms with van der Waals surface area (Å²) >= 11 is 1.11. The van der Waals surface area contributed by atoms with Crippen molar-refractivity contribution in [2.45, 2.75) is 24.7 Å². The smallest absolute Gasteiger partial charge is 0.317 e. The number of para-hydroxylation sites is 3. The Morgan fingerprint density at radius 2 is 1.93 bits per heavy atom. The molecule has 0 bridgehead atoms. The van der Waals surface area contributed by atoms with E-state index in [9.17, 15) is 9.59 Å². The number of hydrogen-bond acceptors (Lipinski definition) is 7. The molecule has 3 aromatic rings. The molecule has 1 aromatic heterocycles. The first kappa shape index (κ1) is 20.4. The first-order valence-corrected chi connectivity index (χ1v) is 9.98. The molecule has 8 heteroatoms. The molecule has 0 aliphatic carbocycles. The summed E-state index contributed by atoms with van der Waals surface area (Å²) in [5, 5.41) is 9.23. The third-order valence-electron chi connectivity index (χ3n) is 4.02. The molecule has 0 saturated carbocycles.